The summed E-state index contributed by atoms with van der Waals surface area (Å²) in [5.41, 5.74) is 5.73. The summed E-state index contributed by atoms with van der Waals surface area (Å²) in [5.74, 6) is -2.54. The van der Waals surface area contributed by atoms with Crippen LogP contribution >= 0.6 is 34.8 Å². The van der Waals surface area contributed by atoms with Crippen LogP contribution in [0.25, 0.3) is 6.08 Å². The van der Waals surface area contributed by atoms with E-state index in [4.69, 9.17) is 40.5 Å². The summed E-state index contributed by atoms with van der Waals surface area (Å²) in [6.07, 6.45) is -2.28. The fourth-order valence-corrected chi connectivity index (χ4v) is 2.74. The van der Waals surface area contributed by atoms with Crippen LogP contribution in [-0.4, -0.2) is 12.1 Å². The molecule has 0 heterocycles. The van der Waals surface area contributed by atoms with Gasteiger partial charge in [-0.2, -0.15) is 13.2 Å². The highest BCUT2D eigenvalue weighted by atomic mass is 35.5. The zero-order chi connectivity index (χ0) is 18.8. The summed E-state index contributed by atoms with van der Waals surface area (Å²) in [6.45, 7) is 0. The van der Waals surface area contributed by atoms with E-state index >= 15 is 0 Å². The summed E-state index contributed by atoms with van der Waals surface area (Å²) >= 11 is 17.4. The van der Waals surface area contributed by atoms with Crippen LogP contribution in [-0.2, 0) is 0 Å². The van der Waals surface area contributed by atoms with Crippen LogP contribution in [0.3, 0.4) is 0 Å². The van der Waals surface area contributed by atoms with Gasteiger partial charge < -0.3 is 5.73 Å². The Morgan fingerprint density at radius 3 is 2.00 bits per heavy atom. The minimum Gasteiger partial charge on any atom is -0.366 e. The van der Waals surface area contributed by atoms with E-state index in [0.717, 1.165) is 18.2 Å². The zero-order valence-corrected chi connectivity index (χ0v) is 14.7. The first kappa shape index (κ1) is 19.6. The molecule has 0 bridgehead atoms. The van der Waals surface area contributed by atoms with Gasteiger partial charge in [0.05, 0.1) is 21.0 Å². The zero-order valence-electron chi connectivity index (χ0n) is 12.4. The van der Waals surface area contributed by atoms with Crippen molar-refractivity contribution >= 4 is 46.8 Å². The molecule has 0 aliphatic heterocycles. The lowest BCUT2D eigenvalue weighted by Crippen LogP contribution is -2.19. The number of hydrogen-bond acceptors (Lipinski definition) is 1. The van der Waals surface area contributed by atoms with Crippen LogP contribution in [0.4, 0.5) is 13.2 Å². The third-order valence-electron chi connectivity index (χ3n) is 3.39. The van der Waals surface area contributed by atoms with Crippen molar-refractivity contribution in [3.8, 4) is 0 Å². The number of hydrogen-bond donors (Lipinski definition) is 1. The van der Waals surface area contributed by atoms with Crippen LogP contribution in [0.1, 0.15) is 27.4 Å². The van der Waals surface area contributed by atoms with E-state index < -0.39 is 18.0 Å². The maximum Gasteiger partial charge on any atom is 0.399 e. The smallest absolute Gasteiger partial charge is 0.366 e. The van der Waals surface area contributed by atoms with E-state index in [-0.39, 0.29) is 26.2 Å². The Kier molecular flexibility index (Phi) is 6.03. The second-order valence-electron chi connectivity index (χ2n) is 5.16. The third kappa shape index (κ3) is 4.91. The lowest BCUT2D eigenvalue weighted by Gasteiger charge is -2.18. The average molecular weight is 409 g/mol. The number of allylic oxidation sites excluding steroid dienone is 1. The quantitative estimate of drug-likeness (QED) is 0.610. The maximum atomic E-state index is 13.4. The van der Waals surface area contributed by atoms with Gasteiger partial charge in [0.1, 0.15) is 0 Å². The topological polar surface area (TPSA) is 43.1 Å². The highest BCUT2D eigenvalue weighted by Crippen LogP contribution is 2.41. The Labute approximate surface area is 157 Å². The highest BCUT2D eigenvalue weighted by Gasteiger charge is 2.39. The summed E-state index contributed by atoms with van der Waals surface area (Å²) in [5, 5.41) is -0.116. The Bertz CT molecular complexity index is 794. The minimum absolute atomic E-state index is 0.000900. The van der Waals surface area contributed by atoms with Gasteiger partial charge in [-0.25, -0.2) is 0 Å². The molecule has 2 aromatic rings. The summed E-state index contributed by atoms with van der Waals surface area (Å²) in [4.78, 5) is 11.0. The number of halogens is 6. The van der Waals surface area contributed by atoms with Crippen molar-refractivity contribution in [3.05, 3.63) is 74.2 Å². The molecule has 25 heavy (non-hydrogen) atoms. The van der Waals surface area contributed by atoms with E-state index in [9.17, 15) is 18.0 Å². The van der Waals surface area contributed by atoms with Gasteiger partial charge in [0.2, 0.25) is 5.91 Å². The molecule has 0 aliphatic carbocycles. The number of rotatable bonds is 4. The van der Waals surface area contributed by atoms with Gasteiger partial charge in [0.25, 0.3) is 0 Å². The van der Waals surface area contributed by atoms with Crippen LogP contribution in [0, 0.1) is 0 Å². The third-order valence-corrected chi connectivity index (χ3v) is 4.59. The van der Waals surface area contributed by atoms with Crippen molar-refractivity contribution in [2.24, 2.45) is 5.73 Å². The van der Waals surface area contributed by atoms with Gasteiger partial charge in [-0.3, -0.25) is 4.79 Å². The molecule has 0 saturated heterocycles. The highest BCUT2D eigenvalue weighted by molar-refractivity contribution is 6.48. The fraction of sp³-hybridized carbons (Fsp3) is 0.118. The van der Waals surface area contributed by atoms with Crippen molar-refractivity contribution in [1.82, 2.24) is 0 Å². The average Bonchev–Trinajstić information content (AvgIpc) is 2.51. The molecular formula is C17H11Cl3F3NO. The molecule has 2 N–H and O–H groups in total. The number of nitrogens with two attached hydrogens (primary N) is 1. The van der Waals surface area contributed by atoms with Gasteiger partial charge in [-0.05, 0) is 35.4 Å². The molecule has 132 valence electrons. The Balaban J connectivity index is 2.37. The predicted molar refractivity (Wildman–Crippen MR) is 94.3 cm³/mol. The van der Waals surface area contributed by atoms with Gasteiger partial charge >= 0.3 is 6.18 Å². The van der Waals surface area contributed by atoms with Crippen molar-refractivity contribution in [3.63, 3.8) is 0 Å². The normalized spacial score (nSPS) is 13.2. The van der Waals surface area contributed by atoms with Crippen LogP contribution < -0.4 is 5.73 Å². The molecule has 0 aliphatic rings. The van der Waals surface area contributed by atoms with Crippen molar-refractivity contribution in [1.29, 1.82) is 0 Å². The monoisotopic (exact) mass is 407 g/mol. The molecule has 1 amide bonds. The Morgan fingerprint density at radius 1 is 1.04 bits per heavy atom. The molecule has 0 radical (unpaired) electrons. The van der Waals surface area contributed by atoms with Crippen LogP contribution in [0.5, 0.6) is 0 Å². The number of benzene rings is 2. The Hall–Kier alpha value is -1.69. The molecular weight excluding hydrogens is 398 g/mol. The molecule has 1 atom stereocenters. The van der Waals surface area contributed by atoms with E-state index in [0.29, 0.717) is 5.56 Å². The first-order valence-corrected chi connectivity index (χ1v) is 8.02. The molecule has 0 fully saturated rings. The first-order valence-electron chi connectivity index (χ1n) is 6.89. The summed E-state index contributed by atoms with van der Waals surface area (Å²) in [6, 6.07) is 8.11. The summed E-state index contributed by atoms with van der Waals surface area (Å²) < 4.78 is 40.2. The molecule has 2 nitrogen and oxygen atoms in total. The van der Waals surface area contributed by atoms with Crippen molar-refractivity contribution < 1.29 is 18.0 Å². The molecule has 0 spiro atoms. The maximum absolute atomic E-state index is 13.4. The van der Waals surface area contributed by atoms with E-state index in [1.807, 2.05) is 0 Å². The Morgan fingerprint density at radius 2 is 1.56 bits per heavy atom. The van der Waals surface area contributed by atoms with E-state index in [2.05, 4.69) is 0 Å². The molecule has 2 rings (SSSR count). The second kappa shape index (κ2) is 7.68. The van der Waals surface area contributed by atoms with Crippen molar-refractivity contribution in [2.75, 3.05) is 0 Å². The van der Waals surface area contributed by atoms with Gasteiger partial charge in [-0.1, -0.05) is 59.1 Å². The summed E-state index contributed by atoms with van der Waals surface area (Å²) in [7, 11) is 0. The molecule has 0 aromatic heterocycles. The number of carbonyl (C=O) groups excluding carboxylic acids is 1. The first-order chi connectivity index (χ1) is 11.6. The fourth-order valence-electron chi connectivity index (χ4n) is 2.13. The SMILES string of the molecule is NC(=O)c1ccc(C=CC(c2cc(Cl)c(Cl)c(Cl)c2)C(F)(F)F)cc1. The molecule has 8 heteroatoms. The molecule has 2 aromatic carbocycles. The number of alkyl halides is 3. The number of amides is 1. The largest absolute Gasteiger partial charge is 0.399 e. The van der Waals surface area contributed by atoms with Crippen LogP contribution in [0.15, 0.2) is 42.5 Å². The van der Waals surface area contributed by atoms with Gasteiger partial charge in [-0.15, -0.1) is 0 Å². The van der Waals surface area contributed by atoms with E-state index in [1.165, 1.54) is 30.3 Å². The lowest BCUT2D eigenvalue weighted by molar-refractivity contribution is -0.139. The number of carbonyl (C=O) groups is 1. The molecule has 1 unspecified atom stereocenters. The minimum atomic E-state index is -4.55. The van der Waals surface area contributed by atoms with Gasteiger partial charge in [0, 0.05) is 5.56 Å². The van der Waals surface area contributed by atoms with Crippen molar-refractivity contribution in [2.45, 2.75) is 12.1 Å². The van der Waals surface area contributed by atoms with Crippen LogP contribution in [0.2, 0.25) is 15.1 Å². The van der Waals surface area contributed by atoms with E-state index in [1.54, 1.807) is 0 Å². The molecule has 0 saturated carbocycles. The lowest BCUT2D eigenvalue weighted by atomic mass is 9.97. The second-order valence-corrected chi connectivity index (χ2v) is 6.36. The predicted octanol–water partition coefficient (Wildman–Crippen LogP) is 6.11. The van der Waals surface area contributed by atoms with Gasteiger partial charge in [0.15, 0.2) is 0 Å². The standard InChI is InChI=1S/C17H11Cl3F3NO/c18-13-7-11(8-14(19)15(13)20)12(17(21,22)23)6-3-9-1-4-10(5-2-9)16(24)25/h1-8,12H,(H2,24,25). The number of primary amides is 1.